The highest BCUT2D eigenvalue weighted by Crippen LogP contribution is 2.22. The second-order valence-electron chi connectivity index (χ2n) is 5.74. The quantitative estimate of drug-likeness (QED) is 0.536. The monoisotopic (exact) mass is 357 g/mol. The molecule has 0 spiro atoms. The second-order valence-corrected chi connectivity index (χ2v) is 7.75. The second kappa shape index (κ2) is 10.7. The summed E-state index contributed by atoms with van der Waals surface area (Å²) < 4.78 is 1.15. The molecule has 1 aromatic rings. The van der Waals surface area contributed by atoms with Gasteiger partial charge in [0.15, 0.2) is 0 Å². The highest BCUT2D eigenvalue weighted by atomic mass is 79.9. The third-order valence-electron chi connectivity index (χ3n) is 3.28. The van der Waals surface area contributed by atoms with Crippen LogP contribution in [0.1, 0.15) is 46.5 Å². The maximum atomic E-state index is 3.69. The van der Waals surface area contributed by atoms with Crippen molar-refractivity contribution in [3.05, 3.63) is 28.7 Å². The van der Waals surface area contributed by atoms with Crippen molar-refractivity contribution in [3.8, 4) is 0 Å². The van der Waals surface area contributed by atoms with Crippen molar-refractivity contribution in [3.63, 3.8) is 0 Å². The normalized spacial score (nSPS) is 12.8. The molecule has 1 atom stereocenters. The summed E-state index contributed by atoms with van der Waals surface area (Å²) in [5, 5.41) is 3.69. The fourth-order valence-corrected chi connectivity index (χ4v) is 3.36. The Labute approximate surface area is 137 Å². The van der Waals surface area contributed by atoms with Gasteiger partial charge in [0.05, 0.1) is 0 Å². The smallest absolute Gasteiger partial charge is 0.0176 e. The van der Waals surface area contributed by atoms with Gasteiger partial charge in [-0.2, -0.15) is 0 Å². The Morgan fingerprint density at radius 1 is 1.15 bits per heavy atom. The van der Waals surface area contributed by atoms with Crippen molar-refractivity contribution < 1.29 is 0 Å². The molecule has 0 saturated heterocycles. The largest absolute Gasteiger partial charge is 0.313 e. The number of nitrogens with one attached hydrogen (secondary N) is 1. The zero-order chi connectivity index (χ0) is 14.8. The zero-order valence-electron chi connectivity index (χ0n) is 13.0. The van der Waals surface area contributed by atoms with Crippen molar-refractivity contribution in [1.29, 1.82) is 0 Å². The Bertz CT molecular complexity index is 351. The predicted octanol–water partition coefficient (Wildman–Crippen LogP) is 5.74. The van der Waals surface area contributed by atoms with E-state index in [0.29, 0.717) is 6.04 Å². The lowest BCUT2D eigenvalue weighted by Gasteiger charge is -2.18. The Kier molecular flexibility index (Phi) is 9.66. The molecule has 0 aliphatic carbocycles. The van der Waals surface area contributed by atoms with E-state index in [-0.39, 0.29) is 0 Å². The molecular formula is C17H28BrNS. The molecule has 0 bridgehead atoms. The van der Waals surface area contributed by atoms with E-state index in [1.807, 2.05) is 11.8 Å². The van der Waals surface area contributed by atoms with Gasteiger partial charge in [0.2, 0.25) is 0 Å². The van der Waals surface area contributed by atoms with Crippen LogP contribution < -0.4 is 5.32 Å². The van der Waals surface area contributed by atoms with E-state index in [0.717, 1.165) is 16.9 Å². The first-order chi connectivity index (χ1) is 9.61. The molecule has 1 rings (SSSR count). The molecule has 0 saturated carbocycles. The molecule has 1 aromatic carbocycles. The van der Waals surface area contributed by atoms with Crippen LogP contribution in [0.4, 0.5) is 0 Å². The van der Waals surface area contributed by atoms with Crippen molar-refractivity contribution in [2.24, 2.45) is 5.92 Å². The van der Waals surface area contributed by atoms with E-state index in [2.05, 4.69) is 66.3 Å². The minimum absolute atomic E-state index is 0.641. The lowest BCUT2D eigenvalue weighted by atomic mass is 10.0. The van der Waals surface area contributed by atoms with Crippen LogP contribution in [-0.4, -0.2) is 18.3 Å². The number of halogens is 1. The minimum atomic E-state index is 0.641. The highest BCUT2D eigenvalue weighted by molar-refractivity contribution is 9.10. The molecule has 20 heavy (non-hydrogen) atoms. The summed E-state index contributed by atoms with van der Waals surface area (Å²) in [5.41, 5.74) is 0. The molecule has 0 radical (unpaired) electrons. The van der Waals surface area contributed by atoms with Crippen LogP contribution in [0.5, 0.6) is 0 Å². The van der Waals surface area contributed by atoms with Gasteiger partial charge in [-0.25, -0.2) is 0 Å². The molecule has 0 aliphatic heterocycles. The van der Waals surface area contributed by atoms with E-state index in [1.54, 1.807) is 0 Å². The number of thioether (sulfide) groups is 1. The third-order valence-corrected chi connectivity index (χ3v) is 4.99. The standard InChI is InChI=1S/C17H28BrNS/c1-4-12-19-16(7-5-6-14(2)3)13-20-17-10-8-15(18)9-11-17/h8-11,14,16,19H,4-7,12-13H2,1-3H3. The van der Waals surface area contributed by atoms with E-state index in [4.69, 9.17) is 0 Å². The van der Waals surface area contributed by atoms with Gasteiger partial charge in [-0.05, 0) is 49.6 Å². The maximum absolute atomic E-state index is 3.69. The maximum Gasteiger partial charge on any atom is 0.0176 e. The first kappa shape index (κ1) is 18.1. The Morgan fingerprint density at radius 3 is 2.45 bits per heavy atom. The summed E-state index contributed by atoms with van der Waals surface area (Å²) >= 11 is 5.45. The highest BCUT2D eigenvalue weighted by Gasteiger charge is 2.09. The van der Waals surface area contributed by atoms with Crippen LogP contribution >= 0.6 is 27.7 Å². The molecule has 0 aliphatic rings. The van der Waals surface area contributed by atoms with Crippen molar-refractivity contribution in [1.82, 2.24) is 5.32 Å². The van der Waals surface area contributed by atoms with Crippen LogP contribution in [0.25, 0.3) is 0 Å². The lowest BCUT2D eigenvalue weighted by Crippen LogP contribution is -2.32. The van der Waals surface area contributed by atoms with Gasteiger partial charge < -0.3 is 5.32 Å². The lowest BCUT2D eigenvalue weighted by molar-refractivity contribution is 0.462. The fourth-order valence-electron chi connectivity index (χ4n) is 2.09. The van der Waals surface area contributed by atoms with Gasteiger partial charge in [0.25, 0.3) is 0 Å². The van der Waals surface area contributed by atoms with Crippen molar-refractivity contribution in [2.75, 3.05) is 12.3 Å². The van der Waals surface area contributed by atoms with Gasteiger partial charge in [0.1, 0.15) is 0 Å². The molecule has 1 N–H and O–H groups in total. The van der Waals surface area contributed by atoms with Crippen LogP contribution in [0.3, 0.4) is 0 Å². The number of rotatable bonds is 10. The molecule has 114 valence electrons. The predicted molar refractivity (Wildman–Crippen MR) is 95.6 cm³/mol. The zero-order valence-corrected chi connectivity index (χ0v) is 15.4. The summed E-state index contributed by atoms with van der Waals surface area (Å²) in [5.74, 6) is 1.99. The molecular weight excluding hydrogens is 330 g/mol. The Balaban J connectivity index is 2.36. The Hall–Kier alpha value is 0.01000. The first-order valence-corrected chi connectivity index (χ1v) is 9.51. The van der Waals surface area contributed by atoms with Crippen molar-refractivity contribution >= 4 is 27.7 Å². The summed E-state index contributed by atoms with van der Waals surface area (Å²) in [4.78, 5) is 1.36. The van der Waals surface area contributed by atoms with Crippen LogP contribution in [0.2, 0.25) is 0 Å². The van der Waals surface area contributed by atoms with Gasteiger partial charge in [-0.15, -0.1) is 11.8 Å². The Morgan fingerprint density at radius 2 is 1.85 bits per heavy atom. The summed E-state index contributed by atoms with van der Waals surface area (Å²) in [7, 11) is 0. The average Bonchev–Trinajstić information content (AvgIpc) is 2.42. The molecule has 1 unspecified atom stereocenters. The first-order valence-electron chi connectivity index (χ1n) is 7.73. The average molecular weight is 358 g/mol. The van der Waals surface area contributed by atoms with Crippen molar-refractivity contribution in [2.45, 2.75) is 57.4 Å². The molecule has 0 heterocycles. The minimum Gasteiger partial charge on any atom is -0.313 e. The van der Waals surface area contributed by atoms with E-state index in [9.17, 15) is 0 Å². The molecule has 0 fully saturated rings. The number of hydrogen-bond donors (Lipinski definition) is 1. The topological polar surface area (TPSA) is 12.0 Å². The van der Waals surface area contributed by atoms with Crippen LogP contribution in [-0.2, 0) is 0 Å². The third kappa shape index (κ3) is 8.33. The number of hydrogen-bond acceptors (Lipinski definition) is 2. The molecule has 0 aromatic heterocycles. The number of benzene rings is 1. The van der Waals surface area contributed by atoms with E-state index in [1.165, 1.54) is 36.3 Å². The van der Waals surface area contributed by atoms with E-state index < -0.39 is 0 Å². The molecule has 3 heteroatoms. The molecule has 0 amide bonds. The SMILES string of the molecule is CCCNC(CCCC(C)C)CSc1ccc(Br)cc1. The summed E-state index contributed by atoms with van der Waals surface area (Å²) in [6.45, 7) is 7.99. The summed E-state index contributed by atoms with van der Waals surface area (Å²) in [6.07, 6.45) is 5.18. The van der Waals surface area contributed by atoms with Crippen LogP contribution in [0, 0.1) is 5.92 Å². The van der Waals surface area contributed by atoms with Gasteiger partial charge >= 0.3 is 0 Å². The van der Waals surface area contributed by atoms with Gasteiger partial charge in [-0.3, -0.25) is 0 Å². The molecule has 1 nitrogen and oxygen atoms in total. The van der Waals surface area contributed by atoms with Crippen LogP contribution in [0.15, 0.2) is 33.6 Å². The van der Waals surface area contributed by atoms with Gasteiger partial charge in [0, 0.05) is 21.2 Å². The fraction of sp³-hybridized carbons (Fsp3) is 0.647. The van der Waals surface area contributed by atoms with Gasteiger partial charge in [-0.1, -0.05) is 49.5 Å². The summed E-state index contributed by atoms with van der Waals surface area (Å²) in [6, 6.07) is 9.27. The van der Waals surface area contributed by atoms with E-state index >= 15 is 0 Å².